The fraction of sp³-hybridized carbons (Fsp3) is 0.133. The third-order valence-electron chi connectivity index (χ3n) is 2.77. The lowest BCUT2D eigenvalue weighted by atomic mass is 10.0. The van der Waals surface area contributed by atoms with E-state index in [2.05, 4.69) is 15.9 Å². The summed E-state index contributed by atoms with van der Waals surface area (Å²) in [6, 6.07) is 11.4. The number of Topliss-reactive ketones (excluding diaryl/α,β-unsaturated/α-hetero) is 1. The molecule has 2 aromatic carbocycles. The molecule has 4 heteroatoms. The van der Waals surface area contributed by atoms with Gasteiger partial charge >= 0.3 is 0 Å². The van der Waals surface area contributed by atoms with E-state index in [4.69, 9.17) is 4.74 Å². The Hall–Kier alpha value is -1.68. The van der Waals surface area contributed by atoms with Gasteiger partial charge in [-0.2, -0.15) is 0 Å². The van der Waals surface area contributed by atoms with Gasteiger partial charge in [0.2, 0.25) is 0 Å². The van der Waals surface area contributed by atoms with Gasteiger partial charge in [0.15, 0.2) is 5.78 Å². The Labute approximate surface area is 119 Å². The lowest BCUT2D eigenvalue weighted by Crippen LogP contribution is -2.06. The van der Waals surface area contributed by atoms with Crippen LogP contribution in [-0.4, -0.2) is 12.9 Å². The molecule has 0 aromatic heterocycles. The summed E-state index contributed by atoms with van der Waals surface area (Å²) in [6.07, 6.45) is 0.173. The zero-order valence-electron chi connectivity index (χ0n) is 10.3. The maximum atomic E-state index is 13.2. The van der Waals surface area contributed by atoms with E-state index < -0.39 is 5.82 Å². The number of carbonyl (C=O) groups excluding carboxylic acids is 1. The predicted molar refractivity (Wildman–Crippen MR) is 75.1 cm³/mol. The molecule has 0 amide bonds. The minimum Gasteiger partial charge on any atom is -0.496 e. The van der Waals surface area contributed by atoms with E-state index in [1.165, 1.54) is 18.2 Å². The van der Waals surface area contributed by atoms with Crippen molar-refractivity contribution < 1.29 is 13.9 Å². The van der Waals surface area contributed by atoms with Crippen LogP contribution in [0.3, 0.4) is 0 Å². The lowest BCUT2D eigenvalue weighted by molar-refractivity contribution is 0.0991. The molecule has 0 saturated carbocycles. The van der Waals surface area contributed by atoms with E-state index in [1.54, 1.807) is 13.2 Å². The Kier molecular flexibility index (Phi) is 4.32. The summed E-state index contributed by atoms with van der Waals surface area (Å²) < 4.78 is 19.0. The van der Waals surface area contributed by atoms with Crippen molar-refractivity contribution in [2.75, 3.05) is 7.11 Å². The molecule has 2 rings (SSSR count). The number of ether oxygens (including phenoxy) is 1. The van der Waals surface area contributed by atoms with Crippen molar-refractivity contribution in [2.24, 2.45) is 0 Å². The van der Waals surface area contributed by atoms with Crippen LogP contribution in [0.2, 0.25) is 0 Å². The molecule has 0 unspecified atom stereocenters. The van der Waals surface area contributed by atoms with E-state index in [0.717, 1.165) is 5.56 Å². The van der Waals surface area contributed by atoms with Gasteiger partial charge in [0.1, 0.15) is 11.6 Å². The summed E-state index contributed by atoms with van der Waals surface area (Å²) in [7, 11) is 1.56. The highest BCUT2D eigenvalue weighted by Crippen LogP contribution is 2.23. The molecule has 0 saturated heterocycles. The van der Waals surface area contributed by atoms with Crippen LogP contribution in [0.25, 0.3) is 0 Å². The fourth-order valence-corrected chi connectivity index (χ4v) is 2.30. The number of ketones is 1. The second kappa shape index (κ2) is 5.97. The zero-order valence-corrected chi connectivity index (χ0v) is 11.9. The summed E-state index contributed by atoms with van der Waals surface area (Å²) >= 11 is 3.26. The van der Waals surface area contributed by atoms with E-state index in [9.17, 15) is 9.18 Å². The molecule has 0 heterocycles. The number of hydrogen-bond acceptors (Lipinski definition) is 2. The van der Waals surface area contributed by atoms with Crippen LogP contribution in [-0.2, 0) is 6.42 Å². The van der Waals surface area contributed by atoms with Gasteiger partial charge in [0, 0.05) is 22.0 Å². The number of methoxy groups -OCH3 is 1. The Morgan fingerprint density at radius 1 is 1.26 bits per heavy atom. The quantitative estimate of drug-likeness (QED) is 0.795. The minimum atomic E-state index is -0.424. The fourth-order valence-electron chi connectivity index (χ4n) is 1.83. The van der Waals surface area contributed by atoms with Gasteiger partial charge < -0.3 is 4.74 Å². The summed E-state index contributed by atoms with van der Waals surface area (Å²) in [5, 5.41) is 0. The van der Waals surface area contributed by atoms with Crippen molar-refractivity contribution in [3.63, 3.8) is 0 Å². The molecule has 0 bridgehead atoms. The van der Waals surface area contributed by atoms with Crippen molar-refractivity contribution in [1.29, 1.82) is 0 Å². The lowest BCUT2D eigenvalue weighted by Gasteiger charge is -2.08. The molecule has 0 N–H and O–H groups in total. The first-order chi connectivity index (χ1) is 9.11. The summed E-state index contributed by atoms with van der Waals surface area (Å²) in [4.78, 5) is 12.2. The van der Waals surface area contributed by atoms with Gasteiger partial charge in [-0.1, -0.05) is 34.1 Å². The van der Waals surface area contributed by atoms with Crippen LogP contribution in [0.15, 0.2) is 46.9 Å². The average molecular weight is 323 g/mol. The van der Waals surface area contributed by atoms with Gasteiger partial charge in [-0.05, 0) is 24.3 Å². The second-order valence-electron chi connectivity index (χ2n) is 4.04. The molecule has 98 valence electrons. The average Bonchev–Trinajstić information content (AvgIpc) is 2.42. The van der Waals surface area contributed by atoms with Crippen LogP contribution in [0.5, 0.6) is 5.75 Å². The molecule has 19 heavy (non-hydrogen) atoms. The van der Waals surface area contributed by atoms with Crippen LogP contribution in [0, 0.1) is 5.82 Å². The highest BCUT2D eigenvalue weighted by Gasteiger charge is 2.14. The largest absolute Gasteiger partial charge is 0.496 e. The van der Waals surface area contributed by atoms with E-state index in [-0.39, 0.29) is 12.2 Å². The van der Waals surface area contributed by atoms with Crippen LogP contribution in [0.4, 0.5) is 4.39 Å². The van der Waals surface area contributed by atoms with E-state index in [1.807, 2.05) is 18.2 Å². The number of halogens is 2. The van der Waals surface area contributed by atoms with Crippen molar-refractivity contribution in [1.82, 2.24) is 0 Å². The van der Waals surface area contributed by atoms with Crippen LogP contribution >= 0.6 is 15.9 Å². The monoisotopic (exact) mass is 322 g/mol. The van der Waals surface area contributed by atoms with Crippen molar-refractivity contribution in [3.8, 4) is 5.75 Å². The number of rotatable bonds is 4. The van der Waals surface area contributed by atoms with Crippen molar-refractivity contribution in [2.45, 2.75) is 6.42 Å². The Balaban J connectivity index is 2.28. The maximum absolute atomic E-state index is 13.2. The van der Waals surface area contributed by atoms with Gasteiger partial charge in [-0.15, -0.1) is 0 Å². The highest BCUT2D eigenvalue weighted by molar-refractivity contribution is 9.10. The Morgan fingerprint density at radius 2 is 2.00 bits per heavy atom. The molecule has 0 aliphatic carbocycles. The van der Waals surface area contributed by atoms with E-state index >= 15 is 0 Å². The van der Waals surface area contributed by atoms with E-state index in [0.29, 0.717) is 15.8 Å². The third-order valence-corrected chi connectivity index (χ3v) is 3.46. The maximum Gasteiger partial charge on any atom is 0.168 e. The topological polar surface area (TPSA) is 26.3 Å². The van der Waals surface area contributed by atoms with Gasteiger partial charge in [-0.25, -0.2) is 4.39 Å². The third kappa shape index (κ3) is 3.20. The van der Waals surface area contributed by atoms with Crippen molar-refractivity contribution in [3.05, 3.63) is 63.9 Å². The predicted octanol–water partition coefficient (Wildman–Crippen LogP) is 4.02. The molecule has 0 radical (unpaired) electrons. The number of hydrogen-bond donors (Lipinski definition) is 0. The molecule has 0 aliphatic heterocycles. The first kappa shape index (κ1) is 13.7. The second-order valence-corrected chi connectivity index (χ2v) is 4.89. The highest BCUT2D eigenvalue weighted by atomic mass is 79.9. The number of para-hydroxylation sites is 1. The molecule has 2 nitrogen and oxygen atoms in total. The van der Waals surface area contributed by atoms with Gasteiger partial charge in [-0.3, -0.25) is 4.79 Å². The molecule has 2 aromatic rings. The van der Waals surface area contributed by atoms with Crippen LogP contribution < -0.4 is 4.74 Å². The van der Waals surface area contributed by atoms with Gasteiger partial charge in [0.05, 0.1) is 7.11 Å². The molecular formula is C15H12BrFO2. The van der Waals surface area contributed by atoms with Crippen LogP contribution in [0.1, 0.15) is 15.9 Å². The van der Waals surface area contributed by atoms with Crippen molar-refractivity contribution >= 4 is 21.7 Å². The SMILES string of the molecule is COc1ccccc1CC(=O)c1cc(F)ccc1Br. The molecule has 0 atom stereocenters. The molecular weight excluding hydrogens is 311 g/mol. The molecule has 0 fully saturated rings. The molecule has 0 spiro atoms. The Morgan fingerprint density at radius 3 is 2.74 bits per heavy atom. The zero-order chi connectivity index (χ0) is 13.8. The Bertz CT molecular complexity index is 611. The smallest absolute Gasteiger partial charge is 0.168 e. The summed E-state index contributed by atoms with van der Waals surface area (Å²) in [5.74, 6) is 0.0748. The first-order valence-electron chi connectivity index (χ1n) is 5.72. The first-order valence-corrected chi connectivity index (χ1v) is 6.51. The number of carbonyl (C=O) groups is 1. The normalized spacial score (nSPS) is 10.3. The van der Waals surface area contributed by atoms with Gasteiger partial charge in [0.25, 0.3) is 0 Å². The number of benzene rings is 2. The standard InChI is InChI=1S/C15H12BrFO2/c1-19-15-5-3-2-4-10(15)8-14(18)12-9-11(17)6-7-13(12)16/h2-7,9H,8H2,1H3. The summed E-state index contributed by atoms with van der Waals surface area (Å²) in [6.45, 7) is 0. The summed E-state index contributed by atoms with van der Waals surface area (Å²) in [5.41, 5.74) is 1.12. The molecule has 0 aliphatic rings. The minimum absolute atomic E-state index is 0.157.